The van der Waals surface area contributed by atoms with E-state index in [0.29, 0.717) is 6.04 Å². The Hall–Kier alpha value is -0.860. The molecule has 1 atom stereocenters. The van der Waals surface area contributed by atoms with Crippen LogP contribution in [0.4, 0.5) is 0 Å². The summed E-state index contributed by atoms with van der Waals surface area (Å²) in [5.41, 5.74) is 1.77. The van der Waals surface area contributed by atoms with Gasteiger partial charge in [-0.15, -0.1) is 0 Å². The molecule has 2 heteroatoms. The standard InChI is InChI=1S/C18H27NO/c1-19-17(14-15-6-5-7-15)18(10-12-20-13-11-18)16-8-3-2-4-9-16/h2-4,8-9,15,17,19H,5-7,10-14H2,1H3. The molecule has 0 radical (unpaired) electrons. The van der Waals surface area contributed by atoms with E-state index in [1.165, 1.54) is 31.2 Å². The Morgan fingerprint density at radius 1 is 1.20 bits per heavy atom. The van der Waals surface area contributed by atoms with Gasteiger partial charge in [-0.05, 0) is 37.8 Å². The van der Waals surface area contributed by atoms with Crippen molar-refractivity contribution in [3.05, 3.63) is 35.9 Å². The van der Waals surface area contributed by atoms with E-state index in [-0.39, 0.29) is 5.41 Å². The number of benzene rings is 1. The molecule has 2 aliphatic rings. The van der Waals surface area contributed by atoms with Crippen LogP contribution in [0.15, 0.2) is 30.3 Å². The third-order valence-corrected chi connectivity index (χ3v) is 5.54. The van der Waals surface area contributed by atoms with Crippen LogP contribution in [0.5, 0.6) is 0 Å². The lowest BCUT2D eigenvalue weighted by Gasteiger charge is -2.46. The fourth-order valence-electron chi connectivity index (χ4n) is 4.03. The Balaban J connectivity index is 1.86. The molecule has 0 aromatic heterocycles. The first-order chi connectivity index (χ1) is 9.85. The van der Waals surface area contributed by atoms with Crippen molar-refractivity contribution in [3.8, 4) is 0 Å². The molecule has 0 bridgehead atoms. The minimum atomic E-state index is 0.268. The minimum absolute atomic E-state index is 0.268. The Bertz CT molecular complexity index is 407. The number of rotatable bonds is 5. The largest absolute Gasteiger partial charge is 0.381 e. The molecule has 1 unspecified atom stereocenters. The average Bonchev–Trinajstić information content (AvgIpc) is 2.48. The highest BCUT2D eigenvalue weighted by molar-refractivity contribution is 5.28. The molecule has 1 saturated heterocycles. The lowest BCUT2D eigenvalue weighted by molar-refractivity contribution is 0.0289. The summed E-state index contributed by atoms with van der Waals surface area (Å²) in [6.07, 6.45) is 7.91. The molecule has 110 valence electrons. The maximum absolute atomic E-state index is 5.66. The van der Waals surface area contributed by atoms with Crippen molar-refractivity contribution in [2.75, 3.05) is 20.3 Å². The normalized spacial score (nSPS) is 24.1. The first-order valence-corrected chi connectivity index (χ1v) is 8.16. The molecular weight excluding hydrogens is 246 g/mol. The highest BCUT2D eigenvalue weighted by Gasteiger charge is 2.42. The van der Waals surface area contributed by atoms with Gasteiger partial charge in [-0.1, -0.05) is 49.6 Å². The van der Waals surface area contributed by atoms with Crippen molar-refractivity contribution in [1.29, 1.82) is 0 Å². The molecule has 2 fully saturated rings. The molecule has 1 aliphatic carbocycles. The highest BCUT2D eigenvalue weighted by atomic mass is 16.5. The van der Waals surface area contributed by atoms with Crippen LogP contribution >= 0.6 is 0 Å². The molecule has 0 amide bonds. The molecule has 2 nitrogen and oxygen atoms in total. The average molecular weight is 273 g/mol. The zero-order valence-electron chi connectivity index (χ0n) is 12.6. The van der Waals surface area contributed by atoms with Crippen LogP contribution in [0, 0.1) is 5.92 Å². The van der Waals surface area contributed by atoms with Crippen molar-refractivity contribution in [2.45, 2.75) is 50.0 Å². The summed E-state index contributed by atoms with van der Waals surface area (Å²) < 4.78 is 5.66. The van der Waals surface area contributed by atoms with Crippen LogP contribution in [0.25, 0.3) is 0 Å². The van der Waals surface area contributed by atoms with Gasteiger partial charge in [0.2, 0.25) is 0 Å². The summed E-state index contributed by atoms with van der Waals surface area (Å²) in [5, 5.41) is 3.65. The summed E-state index contributed by atoms with van der Waals surface area (Å²) in [6, 6.07) is 11.7. The molecule has 1 aliphatic heterocycles. The van der Waals surface area contributed by atoms with Gasteiger partial charge < -0.3 is 10.1 Å². The van der Waals surface area contributed by atoms with Crippen LogP contribution in [-0.2, 0) is 10.2 Å². The van der Waals surface area contributed by atoms with Crippen LogP contribution in [-0.4, -0.2) is 26.3 Å². The lowest BCUT2D eigenvalue weighted by Crippen LogP contribution is -2.51. The first-order valence-electron chi connectivity index (χ1n) is 8.16. The molecule has 1 N–H and O–H groups in total. The van der Waals surface area contributed by atoms with E-state index in [1.807, 2.05) is 0 Å². The quantitative estimate of drug-likeness (QED) is 0.886. The second-order valence-electron chi connectivity index (χ2n) is 6.51. The molecule has 1 saturated carbocycles. The Morgan fingerprint density at radius 2 is 1.90 bits per heavy atom. The van der Waals surface area contributed by atoms with Crippen molar-refractivity contribution < 1.29 is 4.74 Å². The predicted octanol–water partition coefficient (Wildman–Crippen LogP) is 3.51. The number of hydrogen-bond donors (Lipinski definition) is 1. The van der Waals surface area contributed by atoms with Gasteiger partial charge in [-0.3, -0.25) is 0 Å². The van der Waals surface area contributed by atoms with Gasteiger partial charge in [0.05, 0.1) is 0 Å². The number of nitrogens with one attached hydrogen (secondary N) is 1. The van der Waals surface area contributed by atoms with Gasteiger partial charge in [-0.2, -0.15) is 0 Å². The number of hydrogen-bond acceptors (Lipinski definition) is 2. The van der Waals surface area contributed by atoms with E-state index < -0.39 is 0 Å². The van der Waals surface area contributed by atoms with Crippen LogP contribution in [0.1, 0.15) is 44.1 Å². The molecule has 0 spiro atoms. The van der Waals surface area contributed by atoms with E-state index in [4.69, 9.17) is 4.74 Å². The lowest BCUT2D eigenvalue weighted by atomic mass is 9.65. The molecular formula is C18H27NO. The van der Waals surface area contributed by atoms with Gasteiger partial charge in [-0.25, -0.2) is 0 Å². The predicted molar refractivity (Wildman–Crippen MR) is 83.0 cm³/mol. The third kappa shape index (κ3) is 2.64. The fourth-order valence-corrected chi connectivity index (χ4v) is 4.03. The maximum Gasteiger partial charge on any atom is 0.0475 e. The van der Waals surface area contributed by atoms with Crippen molar-refractivity contribution in [2.24, 2.45) is 5.92 Å². The Kier molecular flexibility index (Phi) is 4.42. The van der Waals surface area contributed by atoms with Crippen molar-refractivity contribution >= 4 is 0 Å². The van der Waals surface area contributed by atoms with Crippen molar-refractivity contribution in [1.82, 2.24) is 5.32 Å². The third-order valence-electron chi connectivity index (χ3n) is 5.54. The summed E-state index contributed by atoms with van der Waals surface area (Å²) in [6.45, 7) is 1.80. The van der Waals surface area contributed by atoms with Crippen LogP contribution in [0.2, 0.25) is 0 Å². The van der Waals surface area contributed by atoms with Crippen LogP contribution in [0.3, 0.4) is 0 Å². The minimum Gasteiger partial charge on any atom is -0.381 e. The SMILES string of the molecule is CNC(CC1CCC1)C1(c2ccccc2)CCOCC1. The van der Waals surface area contributed by atoms with E-state index >= 15 is 0 Å². The second-order valence-corrected chi connectivity index (χ2v) is 6.51. The summed E-state index contributed by atoms with van der Waals surface area (Å²) in [5.74, 6) is 0.941. The van der Waals surface area contributed by atoms with E-state index in [2.05, 4.69) is 42.7 Å². The van der Waals surface area contributed by atoms with E-state index in [1.54, 1.807) is 0 Å². The van der Waals surface area contributed by atoms with Gasteiger partial charge in [0.25, 0.3) is 0 Å². The summed E-state index contributed by atoms with van der Waals surface area (Å²) >= 11 is 0. The number of ether oxygens (including phenoxy) is 1. The molecule has 1 aromatic rings. The van der Waals surface area contributed by atoms with Crippen LogP contribution < -0.4 is 5.32 Å². The van der Waals surface area contributed by atoms with E-state index in [0.717, 1.165) is 32.0 Å². The Morgan fingerprint density at radius 3 is 2.45 bits per heavy atom. The summed E-state index contributed by atoms with van der Waals surface area (Å²) in [7, 11) is 2.14. The van der Waals surface area contributed by atoms with Gasteiger partial charge in [0.1, 0.15) is 0 Å². The second kappa shape index (κ2) is 6.28. The molecule has 1 heterocycles. The monoisotopic (exact) mass is 273 g/mol. The summed E-state index contributed by atoms with van der Waals surface area (Å²) in [4.78, 5) is 0. The van der Waals surface area contributed by atoms with Crippen molar-refractivity contribution in [3.63, 3.8) is 0 Å². The smallest absolute Gasteiger partial charge is 0.0475 e. The zero-order valence-corrected chi connectivity index (χ0v) is 12.6. The Labute approximate surface area is 122 Å². The fraction of sp³-hybridized carbons (Fsp3) is 0.667. The van der Waals surface area contributed by atoms with E-state index in [9.17, 15) is 0 Å². The highest BCUT2D eigenvalue weighted by Crippen LogP contribution is 2.42. The van der Waals surface area contributed by atoms with Gasteiger partial charge >= 0.3 is 0 Å². The molecule has 3 rings (SSSR count). The number of likely N-dealkylation sites (N-methyl/N-ethyl adjacent to an activating group) is 1. The molecule has 1 aromatic carbocycles. The maximum atomic E-state index is 5.66. The molecule has 20 heavy (non-hydrogen) atoms. The topological polar surface area (TPSA) is 21.3 Å². The first kappa shape index (κ1) is 14.1. The van der Waals surface area contributed by atoms with Gasteiger partial charge in [0.15, 0.2) is 0 Å². The zero-order chi connectivity index (χ0) is 13.8. The van der Waals surface area contributed by atoms with Gasteiger partial charge in [0, 0.05) is 24.7 Å².